The summed E-state index contributed by atoms with van der Waals surface area (Å²) in [5.74, 6) is 1.95. The molecule has 0 aromatic heterocycles. The van der Waals surface area contributed by atoms with Crippen LogP contribution in [0, 0.1) is 43.9 Å². The Labute approximate surface area is 201 Å². The third kappa shape index (κ3) is 2.76. The molecular formula is C28H22N2O5. The molecule has 7 heteroatoms. The van der Waals surface area contributed by atoms with Crippen molar-refractivity contribution in [1.82, 2.24) is 0 Å². The molecule has 4 atom stereocenters. The molecule has 0 amide bonds. The first-order valence-electron chi connectivity index (χ1n) is 11.9. The Hall–Kier alpha value is -3.84. The average Bonchev–Trinajstić information content (AvgIpc) is 3.43. The lowest BCUT2D eigenvalue weighted by Crippen LogP contribution is -2.41. The van der Waals surface area contributed by atoms with Crippen LogP contribution in [0.2, 0.25) is 0 Å². The van der Waals surface area contributed by atoms with E-state index in [-0.39, 0.29) is 35.9 Å². The largest absolute Gasteiger partial charge is 0.372 e. The monoisotopic (exact) mass is 466 g/mol. The van der Waals surface area contributed by atoms with Gasteiger partial charge in [-0.2, -0.15) is 0 Å². The van der Waals surface area contributed by atoms with Gasteiger partial charge in [-0.15, -0.1) is 0 Å². The fraction of sp³-hybridized carbons (Fsp3) is 0.286. The Morgan fingerprint density at radius 1 is 0.714 bits per heavy atom. The molecule has 0 spiro atoms. The van der Waals surface area contributed by atoms with Gasteiger partial charge >= 0.3 is 0 Å². The van der Waals surface area contributed by atoms with Gasteiger partial charge in [0.2, 0.25) is 0 Å². The van der Waals surface area contributed by atoms with Crippen molar-refractivity contribution < 1.29 is 14.6 Å². The normalized spacial score (nSPS) is 30.6. The zero-order valence-corrected chi connectivity index (χ0v) is 18.7. The van der Waals surface area contributed by atoms with Crippen LogP contribution in [0.15, 0.2) is 78.9 Å². The van der Waals surface area contributed by atoms with Crippen LogP contribution in [-0.2, 0) is 11.3 Å². The van der Waals surface area contributed by atoms with Crippen molar-refractivity contribution in [2.45, 2.75) is 24.5 Å². The molecule has 35 heavy (non-hydrogen) atoms. The third-order valence-corrected chi connectivity index (χ3v) is 8.66. The fourth-order valence-corrected chi connectivity index (χ4v) is 7.51. The van der Waals surface area contributed by atoms with Crippen LogP contribution in [0.1, 0.15) is 39.7 Å². The molecular weight excluding hydrogens is 444 g/mol. The number of rotatable bonds is 5. The lowest BCUT2D eigenvalue weighted by Gasteiger charge is -2.51. The maximum absolute atomic E-state index is 11.6. The Morgan fingerprint density at radius 2 is 1.23 bits per heavy atom. The molecule has 7 nitrogen and oxygen atoms in total. The molecule has 4 bridgehead atoms. The van der Waals surface area contributed by atoms with Crippen molar-refractivity contribution in [3.8, 4) is 0 Å². The first-order chi connectivity index (χ1) is 17.0. The smallest absolute Gasteiger partial charge is 0.281 e. The van der Waals surface area contributed by atoms with Crippen molar-refractivity contribution >= 4 is 11.4 Å². The summed E-state index contributed by atoms with van der Waals surface area (Å²) >= 11 is 0. The number of ether oxygens (including phenoxy) is 1. The van der Waals surface area contributed by atoms with Gasteiger partial charge in [0, 0.05) is 29.7 Å². The van der Waals surface area contributed by atoms with E-state index < -0.39 is 9.85 Å². The molecule has 3 aromatic rings. The van der Waals surface area contributed by atoms with E-state index in [1.165, 1.54) is 34.4 Å². The van der Waals surface area contributed by atoms with Crippen molar-refractivity contribution in [3.63, 3.8) is 0 Å². The second-order valence-electron chi connectivity index (χ2n) is 10.0. The number of hydrogen-bond acceptors (Lipinski definition) is 5. The average molecular weight is 466 g/mol. The Balaban J connectivity index is 1.23. The van der Waals surface area contributed by atoms with Gasteiger partial charge in [-0.25, -0.2) is 0 Å². The molecule has 0 saturated heterocycles. The second-order valence-corrected chi connectivity index (χ2v) is 10.0. The minimum absolute atomic E-state index is 0.0579. The van der Waals surface area contributed by atoms with Crippen LogP contribution in [0.4, 0.5) is 11.4 Å². The molecule has 0 heterocycles. The van der Waals surface area contributed by atoms with E-state index >= 15 is 0 Å². The Morgan fingerprint density at radius 3 is 1.69 bits per heavy atom. The summed E-state index contributed by atoms with van der Waals surface area (Å²) in [5.41, 5.74) is 5.48. The minimum atomic E-state index is -0.617. The lowest BCUT2D eigenvalue weighted by atomic mass is 9.52. The van der Waals surface area contributed by atoms with Crippen molar-refractivity contribution in [1.29, 1.82) is 0 Å². The molecule has 0 aliphatic heterocycles. The predicted molar refractivity (Wildman–Crippen MR) is 128 cm³/mol. The van der Waals surface area contributed by atoms with Crippen LogP contribution < -0.4 is 0 Å². The molecule has 1 saturated carbocycles. The Bertz CT molecular complexity index is 1320. The summed E-state index contributed by atoms with van der Waals surface area (Å²) in [6.07, 6.45) is 4.51. The highest BCUT2D eigenvalue weighted by Crippen LogP contribution is 2.68. The summed E-state index contributed by atoms with van der Waals surface area (Å²) in [6.45, 7) is 0.0579. The molecule has 8 rings (SSSR count). The van der Waals surface area contributed by atoms with Crippen molar-refractivity contribution in [2.75, 3.05) is 0 Å². The van der Waals surface area contributed by atoms with Crippen molar-refractivity contribution in [2.24, 2.45) is 23.7 Å². The predicted octanol–water partition coefficient (Wildman–Crippen LogP) is 5.73. The first-order valence-corrected chi connectivity index (χ1v) is 11.9. The number of nitrogens with zero attached hydrogens (tertiary/aromatic N) is 2. The standard InChI is InChI=1S/C28H22N2O5/c31-29(32)16-10-9-15(23(13-16)30(33)34)14-35-28-21-11-12-22(28)27-25-18-6-2-1-5-17(18)24(26(21)27)19-7-3-4-8-20(19)25/h1-13,21-22,24-28H,14H2/t21-,22-,24?,25?,26-,27-,28?/m0/s1. The molecule has 3 aromatic carbocycles. The number of benzene rings is 3. The molecule has 0 N–H and O–H groups in total. The van der Waals surface area contributed by atoms with Crippen LogP contribution in [0.5, 0.6) is 0 Å². The van der Waals surface area contributed by atoms with Gasteiger partial charge < -0.3 is 4.74 Å². The topological polar surface area (TPSA) is 95.5 Å². The fourth-order valence-electron chi connectivity index (χ4n) is 7.51. The van der Waals surface area contributed by atoms with E-state index in [0.29, 0.717) is 29.2 Å². The molecule has 5 aliphatic carbocycles. The van der Waals surface area contributed by atoms with E-state index in [9.17, 15) is 20.2 Å². The third-order valence-electron chi connectivity index (χ3n) is 8.66. The maximum Gasteiger partial charge on any atom is 0.281 e. The minimum Gasteiger partial charge on any atom is -0.372 e. The van der Waals surface area contributed by atoms with Crippen molar-refractivity contribution in [3.05, 3.63) is 127 Å². The van der Waals surface area contributed by atoms with Gasteiger partial charge in [-0.1, -0.05) is 60.7 Å². The molecule has 5 aliphatic rings. The quantitative estimate of drug-likeness (QED) is 0.272. The summed E-state index contributed by atoms with van der Waals surface area (Å²) in [6, 6.07) is 21.4. The van der Waals surface area contributed by atoms with E-state index in [0.717, 1.165) is 6.07 Å². The van der Waals surface area contributed by atoms with Gasteiger partial charge in [0.25, 0.3) is 11.4 Å². The maximum atomic E-state index is 11.6. The number of nitro benzene ring substituents is 2. The van der Waals surface area contributed by atoms with Gasteiger partial charge in [-0.3, -0.25) is 20.2 Å². The van der Waals surface area contributed by atoms with E-state index in [4.69, 9.17) is 4.74 Å². The highest BCUT2D eigenvalue weighted by Gasteiger charge is 2.62. The number of fused-ring (bicyclic) bond motifs is 2. The SMILES string of the molecule is O=[N+]([O-])c1ccc(COC2[C@H]3C=C[C@H]2[C@H]2C4c5ccccc5C(c5ccccc54)[C@@H]23)c([N+](=O)[O-])c1. The van der Waals surface area contributed by atoms with E-state index in [1.54, 1.807) is 0 Å². The van der Waals surface area contributed by atoms with Gasteiger partial charge in [0.1, 0.15) is 0 Å². The summed E-state index contributed by atoms with van der Waals surface area (Å²) in [5, 5.41) is 22.7. The molecule has 0 radical (unpaired) electrons. The van der Waals surface area contributed by atoms with E-state index in [1.807, 2.05) is 0 Å². The van der Waals surface area contributed by atoms with E-state index in [2.05, 4.69) is 60.7 Å². The summed E-state index contributed by atoms with van der Waals surface area (Å²) in [4.78, 5) is 21.5. The highest BCUT2D eigenvalue weighted by molar-refractivity contribution is 5.58. The van der Waals surface area contributed by atoms with Crippen LogP contribution in [0.25, 0.3) is 0 Å². The molecule has 0 unspecified atom stereocenters. The zero-order valence-electron chi connectivity index (χ0n) is 18.7. The van der Waals surface area contributed by atoms with Gasteiger partial charge in [0.05, 0.1) is 34.2 Å². The summed E-state index contributed by atoms with van der Waals surface area (Å²) in [7, 11) is 0. The molecule has 1 fully saturated rings. The van der Waals surface area contributed by atoms with Gasteiger partial charge in [-0.05, 0) is 40.2 Å². The number of nitro groups is 2. The van der Waals surface area contributed by atoms with Crippen LogP contribution >= 0.6 is 0 Å². The van der Waals surface area contributed by atoms with Crippen LogP contribution in [-0.4, -0.2) is 16.0 Å². The number of non-ortho nitro benzene ring substituents is 1. The number of hydrogen-bond donors (Lipinski definition) is 0. The first kappa shape index (κ1) is 20.5. The second kappa shape index (κ2) is 7.33. The lowest BCUT2D eigenvalue weighted by molar-refractivity contribution is -0.394. The van der Waals surface area contributed by atoms with Crippen LogP contribution in [0.3, 0.4) is 0 Å². The summed E-state index contributed by atoms with van der Waals surface area (Å²) < 4.78 is 6.44. The Kier molecular flexibility index (Phi) is 4.30. The highest BCUT2D eigenvalue weighted by atomic mass is 16.6. The zero-order chi connectivity index (χ0) is 23.8. The van der Waals surface area contributed by atoms with Gasteiger partial charge in [0.15, 0.2) is 0 Å². The molecule has 174 valence electrons.